The Bertz CT molecular complexity index is 887. The molecule has 2 saturated heterocycles. The molecule has 0 amide bonds. The third-order valence-electron chi connectivity index (χ3n) is 8.94. The number of aliphatic hydroxyl groups is 6. The average Bonchev–Trinajstić information content (AvgIpc) is 2.86. The highest BCUT2D eigenvalue weighted by molar-refractivity contribution is 5.96. The molecule has 2 bridgehead atoms. The minimum Gasteiger partial charge on any atom is -0.457 e. The summed E-state index contributed by atoms with van der Waals surface area (Å²) in [7, 11) is 0. The highest BCUT2D eigenvalue weighted by atomic mass is 16.6. The second kappa shape index (κ2) is 5.50. The van der Waals surface area contributed by atoms with Crippen LogP contribution in [0.4, 0.5) is 0 Å². The van der Waals surface area contributed by atoms with Gasteiger partial charge >= 0.3 is 5.97 Å². The number of fused-ring (bicyclic) bond motifs is 2. The van der Waals surface area contributed by atoms with Gasteiger partial charge in [-0.3, -0.25) is 4.79 Å². The van der Waals surface area contributed by atoms with E-state index in [2.05, 4.69) is 0 Å². The Morgan fingerprint density at radius 2 is 1.67 bits per heavy atom. The van der Waals surface area contributed by atoms with Crippen molar-refractivity contribution in [1.29, 1.82) is 0 Å². The SMILES string of the molecule is CC1=CC(=O)[C@@H](O)[C@@]2(C)[C@H]1[C@@H](O)[C@H]1OC(=O)[C@H](O)[C@]3(O)C14CO[C@@]3(C)[C@@H](O)[C@H](O)[C@@H]42. The molecule has 6 N–H and O–H groups in total. The molecule has 5 aliphatic rings. The second-order valence-corrected chi connectivity index (χ2v) is 9.90. The number of aliphatic hydroxyl groups excluding tert-OH is 5. The van der Waals surface area contributed by atoms with Gasteiger partial charge in [0.2, 0.25) is 0 Å². The van der Waals surface area contributed by atoms with Crippen LogP contribution >= 0.6 is 0 Å². The van der Waals surface area contributed by atoms with Gasteiger partial charge in [-0.15, -0.1) is 0 Å². The summed E-state index contributed by atoms with van der Waals surface area (Å²) in [4.78, 5) is 25.1. The summed E-state index contributed by atoms with van der Waals surface area (Å²) in [5.74, 6) is -4.01. The average molecular weight is 426 g/mol. The first-order chi connectivity index (χ1) is 13.8. The summed E-state index contributed by atoms with van der Waals surface area (Å²) < 4.78 is 11.2. The number of hydrogen-bond donors (Lipinski definition) is 6. The van der Waals surface area contributed by atoms with E-state index in [1.807, 2.05) is 0 Å². The summed E-state index contributed by atoms with van der Waals surface area (Å²) in [5.41, 5.74) is -7.33. The van der Waals surface area contributed by atoms with Crippen molar-refractivity contribution in [2.24, 2.45) is 22.7 Å². The molecular formula is C20H26O10. The molecule has 10 nitrogen and oxygen atoms in total. The van der Waals surface area contributed by atoms with E-state index in [1.165, 1.54) is 19.9 Å². The molecule has 10 heteroatoms. The van der Waals surface area contributed by atoms with E-state index >= 15 is 0 Å². The van der Waals surface area contributed by atoms with Crippen LogP contribution in [0.15, 0.2) is 11.6 Å². The van der Waals surface area contributed by atoms with Gasteiger partial charge in [-0.2, -0.15) is 0 Å². The van der Waals surface area contributed by atoms with Crippen LogP contribution in [0.5, 0.6) is 0 Å². The van der Waals surface area contributed by atoms with Gasteiger partial charge in [0.05, 0.1) is 24.2 Å². The minimum atomic E-state index is -2.45. The largest absolute Gasteiger partial charge is 0.457 e. The number of rotatable bonds is 0. The Labute approximate surface area is 171 Å². The van der Waals surface area contributed by atoms with Crippen molar-refractivity contribution in [3.05, 3.63) is 11.6 Å². The molecule has 5 rings (SSSR count). The molecule has 0 aromatic rings. The fraction of sp³-hybridized carbons (Fsp3) is 0.800. The molecule has 0 aromatic carbocycles. The first-order valence-corrected chi connectivity index (χ1v) is 10.0. The standard InChI is InChI=1S/C20H26O10/c1-6-4-7(21)12(24)17(2)8(6)9(22)15-19-5-29-18(3,13(25)10(23)11(17)19)20(19,28)14(26)16(27)30-15/h4,8-15,22-26,28H,5H2,1-3H3/t8-,9-,10-,11-,12-,13+,14+,15-,17+,18+,19?,20-/m1/s1. The molecule has 0 aromatic heterocycles. The van der Waals surface area contributed by atoms with Gasteiger partial charge in [0.1, 0.15) is 29.5 Å². The molecular weight excluding hydrogens is 400 g/mol. The zero-order valence-electron chi connectivity index (χ0n) is 16.7. The first-order valence-electron chi connectivity index (χ1n) is 10.0. The monoisotopic (exact) mass is 426 g/mol. The lowest BCUT2D eigenvalue weighted by molar-refractivity contribution is -0.365. The number of ether oxygens (including phenoxy) is 2. The lowest BCUT2D eigenvalue weighted by Gasteiger charge is -2.71. The molecule has 12 atom stereocenters. The highest BCUT2D eigenvalue weighted by Gasteiger charge is 2.89. The van der Waals surface area contributed by atoms with E-state index in [0.717, 1.165) is 0 Å². The summed E-state index contributed by atoms with van der Waals surface area (Å²) >= 11 is 0. The molecule has 0 radical (unpaired) electrons. The maximum absolute atomic E-state index is 12.6. The number of ketones is 1. The van der Waals surface area contributed by atoms with Crippen molar-refractivity contribution >= 4 is 11.8 Å². The van der Waals surface area contributed by atoms with Crippen LogP contribution in [-0.4, -0.2) is 96.8 Å². The normalized spacial score (nSPS) is 61.7. The second-order valence-electron chi connectivity index (χ2n) is 9.90. The van der Waals surface area contributed by atoms with E-state index in [1.54, 1.807) is 6.92 Å². The van der Waals surface area contributed by atoms with Crippen LogP contribution < -0.4 is 0 Å². The number of esters is 1. The molecule has 1 spiro atoms. The molecule has 30 heavy (non-hydrogen) atoms. The van der Waals surface area contributed by atoms with Crippen LogP contribution in [-0.2, 0) is 19.1 Å². The van der Waals surface area contributed by atoms with Crippen molar-refractivity contribution in [1.82, 2.24) is 0 Å². The Kier molecular flexibility index (Phi) is 3.76. The fourth-order valence-electron chi connectivity index (χ4n) is 7.70. The maximum Gasteiger partial charge on any atom is 0.338 e. The third-order valence-corrected chi connectivity index (χ3v) is 8.94. The molecule has 4 fully saturated rings. The Morgan fingerprint density at radius 3 is 2.30 bits per heavy atom. The Hall–Kier alpha value is -1.40. The third kappa shape index (κ3) is 1.69. The molecule has 3 aliphatic carbocycles. The summed E-state index contributed by atoms with van der Waals surface area (Å²) in [5, 5.41) is 67.1. The fourth-order valence-corrected chi connectivity index (χ4v) is 7.70. The molecule has 166 valence electrons. The smallest absolute Gasteiger partial charge is 0.338 e. The van der Waals surface area contributed by atoms with Crippen molar-refractivity contribution in [3.8, 4) is 0 Å². The van der Waals surface area contributed by atoms with Crippen LogP contribution in [0, 0.1) is 22.7 Å². The van der Waals surface area contributed by atoms with Crippen molar-refractivity contribution < 1.29 is 49.7 Å². The van der Waals surface area contributed by atoms with Crippen LogP contribution in [0.3, 0.4) is 0 Å². The van der Waals surface area contributed by atoms with E-state index in [9.17, 15) is 40.2 Å². The Morgan fingerprint density at radius 1 is 1.03 bits per heavy atom. The van der Waals surface area contributed by atoms with Crippen molar-refractivity contribution in [2.45, 2.75) is 68.6 Å². The summed E-state index contributed by atoms with van der Waals surface area (Å²) in [6.07, 6.45) is -8.86. The number of carbonyl (C=O) groups is 2. The molecule has 2 heterocycles. The molecule has 1 unspecified atom stereocenters. The van der Waals surface area contributed by atoms with Crippen molar-refractivity contribution in [3.63, 3.8) is 0 Å². The van der Waals surface area contributed by atoms with Gasteiger partial charge in [-0.05, 0) is 19.9 Å². The van der Waals surface area contributed by atoms with E-state index < -0.39 is 82.2 Å². The van der Waals surface area contributed by atoms with Gasteiger partial charge in [0.15, 0.2) is 11.9 Å². The zero-order chi connectivity index (χ0) is 22.2. The highest BCUT2D eigenvalue weighted by Crippen LogP contribution is 2.73. The van der Waals surface area contributed by atoms with Gasteiger partial charge in [0.25, 0.3) is 0 Å². The lowest BCUT2D eigenvalue weighted by atomic mass is 9.36. The summed E-state index contributed by atoms with van der Waals surface area (Å²) in [6, 6.07) is 0. The van der Waals surface area contributed by atoms with Crippen LogP contribution in [0.2, 0.25) is 0 Å². The van der Waals surface area contributed by atoms with E-state index in [0.29, 0.717) is 5.57 Å². The Balaban J connectivity index is 1.86. The topological polar surface area (TPSA) is 174 Å². The van der Waals surface area contributed by atoms with Gasteiger partial charge < -0.3 is 40.1 Å². The van der Waals surface area contributed by atoms with Gasteiger partial charge in [-0.1, -0.05) is 12.5 Å². The minimum absolute atomic E-state index is 0.378. The quantitative estimate of drug-likeness (QED) is 0.219. The van der Waals surface area contributed by atoms with Gasteiger partial charge in [-0.25, -0.2) is 4.79 Å². The maximum atomic E-state index is 12.6. The lowest BCUT2D eigenvalue weighted by Crippen LogP contribution is -2.88. The summed E-state index contributed by atoms with van der Waals surface area (Å²) in [6.45, 7) is 3.98. The molecule has 2 aliphatic heterocycles. The predicted octanol–water partition coefficient (Wildman–Crippen LogP) is -2.98. The predicted molar refractivity (Wildman–Crippen MR) is 95.5 cm³/mol. The van der Waals surface area contributed by atoms with E-state index in [-0.39, 0.29) is 6.61 Å². The van der Waals surface area contributed by atoms with E-state index in [4.69, 9.17) is 9.47 Å². The van der Waals surface area contributed by atoms with Crippen LogP contribution in [0.25, 0.3) is 0 Å². The first kappa shape index (κ1) is 20.5. The number of carbonyl (C=O) groups excluding carboxylic acids is 2. The number of hydrogen-bond acceptors (Lipinski definition) is 10. The molecule has 2 saturated carbocycles. The zero-order valence-corrected chi connectivity index (χ0v) is 16.7. The van der Waals surface area contributed by atoms with Gasteiger partial charge in [0, 0.05) is 17.3 Å². The van der Waals surface area contributed by atoms with Crippen LogP contribution in [0.1, 0.15) is 20.8 Å². The van der Waals surface area contributed by atoms with Crippen molar-refractivity contribution in [2.75, 3.05) is 6.61 Å².